The molecule has 0 bridgehead atoms. The van der Waals surface area contributed by atoms with Crippen molar-refractivity contribution in [2.24, 2.45) is 0 Å². The second-order valence-corrected chi connectivity index (χ2v) is 9.22. The van der Waals surface area contributed by atoms with E-state index in [-0.39, 0.29) is 6.54 Å². The molecule has 3 heterocycles. The zero-order valence-electron chi connectivity index (χ0n) is 13.8. The average Bonchev–Trinajstić information content (AvgIpc) is 3.29. The standard InChI is InChI=1S/C16H19NO6S3/c1-17(4-8(20)13(22)14(23)9(21)6-19)12-3-11-16(26-12)15-10(25-11)2-7(5-18)24-15/h2-3,5,8-9,13-14,19-23H,4,6H2,1H3. The fraction of sp³-hybridized carbons (Fsp3) is 0.438. The van der Waals surface area contributed by atoms with Gasteiger partial charge in [0.15, 0.2) is 6.29 Å². The number of aldehydes is 1. The van der Waals surface area contributed by atoms with Crippen LogP contribution < -0.4 is 4.90 Å². The quantitative estimate of drug-likeness (QED) is 0.345. The maximum absolute atomic E-state index is 10.9. The lowest BCUT2D eigenvalue weighted by Crippen LogP contribution is -2.49. The molecule has 0 saturated heterocycles. The lowest BCUT2D eigenvalue weighted by atomic mass is 10.0. The van der Waals surface area contributed by atoms with E-state index in [4.69, 9.17) is 5.11 Å². The van der Waals surface area contributed by atoms with Crippen molar-refractivity contribution in [3.05, 3.63) is 17.0 Å². The van der Waals surface area contributed by atoms with Crippen LogP contribution in [0.4, 0.5) is 5.00 Å². The minimum atomic E-state index is -1.64. The van der Waals surface area contributed by atoms with Crippen molar-refractivity contribution in [3.63, 3.8) is 0 Å². The Labute approximate surface area is 161 Å². The number of nitrogens with zero attached hydrogens (tertiary/aromatic N) is 1. The fourth-order valence-corrected chi connectivity index (χ4v) is 6.44. The summed E-state index contributed by atoms with van der Waals surface area (Å²) in [6.07, 6.45) is -5.20. The summed E-state index contributed by atoms with van der Waals surface area (Å²) in [6.45, 7) is -0.668. The van der Waals surface area contributed by atoms with E-state index < -0.39 is 31.0 Å². The minimum Gasteiger partial charge on any atom is -0.394 e. The number of hydrogen-bond donors (Lipinski definition) is 5. The van der Waals surface area contributed by atoms with E-state index >= 15 is 0 Å². The van der Waals surface area contributed by atoms with E-state index in [2.05, 4.69) is 0 Å². The highest BCUT2D eigenvalue weighted by molar-refractivity contribution is 7.39. The molecular formula is C16H19NO6S3. The Kier molecular flexibility index (Phi) is 5.94. The van der Waals surface area contributed by atoms with Gasteiger partial charge in [-0.25, -0.2) is 0 Å². The molecule has 142 valence electrons. The van der Waals surface area contributed by atoms with Gasteiger partial charge in [0.25, 0.3) is 0 Å². The van der Waals surface area contributed by atoms with Crippen LogP contribution in [0.3, 0.4) is 0 Å². The number of aliphatic hydroxyl groups excluding tert-OH is 5. The van der Waals surface area contributed by atoms with Crippen LogP contribution in [0.25, 0.3) is 18.8 Å². The number of carbonyl (C=O) groups excluding carboxylic acids is 1. The topological polar surface area (TPSA) is 121 Å². The first kappa shape index (κ1) is 19.6. The Morgan fingerprint density at radius 1 is 1.00 bits per heavy atom. The summed E-state index contributed by atoms with van der Waals surface area (Å²) in [5, 5.41) is 48.8. The normalized spacial score (nSPS) is 16.7. The van der Waals surface area contributed by atoms with Crippen molar-refractivity contribution >= 4 is 64.1 Å². The van der Waals surface area contributed by atoms with Crippen LogP contribution in [0.2, 0.25) is 0 Å². The molecule has 3 aromatic heterocycles. The van der Waals surface area contributed by atoms with Gasteiger partial charge in [0.2, 0.25) is 0 Å². The highest BCUT2D eigenvalue weighted by Gasteiger charge is 2.31. The van der Waals surface area contributed by atoms with E-state index in [1.54, 1.807) is 23.3 Å². The zero-order valence-corrected chi connectivity index (χ0v) is 16.2. The van der Waals surface area contributed by atoms with E-state index in [1.807, 2.05) is 12.1 Å². The first-order valence-electron chi connectivity index (χ1n) is 7.81. The number of thiophene rings is 3. The Hall–Kier alpha value is -1.11. The van der Waals surface area contributed by atoms with Gasteiger partial charge in [-0.05, 0) is 12.1 Å². The van der Waals surface area contributed by atoms with Gasteiger partial charge in [0.05, 0.1) is 32.0 Å². The molecular weight excluding hydrogens is 398 g/mol. The van der Waals surface area contributed by atoms with Crippen LogP contribution in [0.15, 0.2) is 12.1 Å². The van der Waals surface area contributed by atoms with Gasteiger partial charge in [0, 0.05) is 23.0 Å². The van der Waals surface area contributed by atoms with E-state index in [0.717, 1.165) is 30.1 Å². The number of rotatable bonds is 8. The third-order valence-corrected chi connectivity index (χ3v) is 7.92. The Morgan fingerprint density at radius 3 is 2.27 bits per heavy atom. The second-order valence-electron chi connectivity index (χ2n) is 6.02. The molecule has 3 aromatic rings. The van der Waals surface area contributed by atoms with Crippen molar-refractivity contribution in [2.75, 3.05) is 25.1 Å². The van der Waals surface area contributed by atoms with Crippen LogP contribution in [-0.4, -0.2) is 76.4 Å². The average molecular weight is 418 g/mol. The van der Waals surface area contributed by atoms with Crippen LogP contribution >= 0.6 is 34.0 Å². The monoisotopic (exact) mass is 417 g/mol. The van der Waals surface area contributed by atoms with Crippen molar-refractivity contribution in [2.45, 2.75) is 24.4 Å². The van der Waals surface area contributed by atoms with Gasteiger partial charge < -0.3 is 30.4 Å². The number of hydrogen-bond acceptors (Lipinski definition) is 10. The zero-order chi connectivity index (χ0) is 19.0. The molecule has 3 rings (SSSR count). The van der Waals surface area contributed by atoms with Crippen LogP contribution in [0.1, 0.15) is 9.67 Å². The van der Waals surface area contributed by atoms with Gasteiger partial charge in [-0.2, -0.15) is 0 Å². The predicted octanol–water partition coefficient (Wildman–Crippen LogP) is 0.862. The number of fused-ring (bicyclic) bond motifs is 3. The largest absolute Gasteiger partial charge is 0.394 e. The Bertz CT molecular complexity index is 903. The summed E-state index contributed by atoms with van der Waals surface area (Å²) in [4.78, 5) is 13.4. The van der Waals surface area contributed by atoms with Gasteiger partial charge in [-0.3, -0.25) is 4.79 Å². The van der Waals surface area contributed by atoms with Crippen molar-refractivity contribution < 1.29 is 30.3 Å². The molecule has 0 aromatic carbocycles. The lowest BCUT2D eigenvalue weighted by Gasteiger charge is -2.28. The SMILES string of the molecule is CN(CC(O)C(O)C(O)C(O)CO)c1cc2sc3cc(C=O)sc3c2s1. The maximum atomic E-state index is 10.9. The van der Waals surface area contributed by atoms with Crippen LogP contribution in [0.5, 0.6) is 0 Å². The summed E-state index contributed by atoms with van der Waals surface area (Å²) in [7, 11) is 1.75. The first-order valence-corrected chi connectivity index (χ1v) is 10.3. The smallest absolute Gasteiger partial charge is 0.160 e. The molecule has 4 unspecified atom stereocenters. The molecule has 0 radical (unpaired) electrons. The molecule has 7 nitrogen and oxygen atoms in total. The van der Waals surface area contributed by atoms with E-state index in [9.17, 15) is 25.2 Å². The van der Waals surface area contributed by atoms with Gasteiger partial charge in [0.1, 0.15) is 18.3 Å². The van der Waals surface area contributed by atoms with Gasteiger partial charge in [-0.1, -0.05) is 0 Å². The molecule has 26 heavy (non-hydrogen) atoms. The summed E-state index contributed by atoms with van der Waals surface area (Å²) >= 11 is 4.57. The summed E-state index contributed by atoms with van der Waals surface area (Å²) in [5.74, 6) is 0. The highest BCUT2D eigenvalue weighted by Crippen LogP contribution is 2.45. The second kappa shape index (κ2) is 7.87. The summed E-state index contributed by atoms with van der Waals surface area (Å²) < 4.78 is 4.31. The summed E-state index contributed by atoms with van der Waals surface area (Å²) in [6, 6.07) is 3.86. The third kappa shape index (κ3) is 3.64. The Morgan fingerprint density at radius 2 is 1.62 bits per heavy atom. The van der Waals surface area contributed by atoms with Gasteiger partial charge >= 0.3 is 0 Å². The number of carbonyl (C=O) groups is 1. The molecule has 0 fully saturated rings. The van der Waals surface area contributed by atoms with Crippen LogP contribution in [0, 0.1) is 0 Å². The molecule has 0 aliphatic heterocycles. The first-order chi connectivity index (χ1) is 12.3. The van der Waals surface area contributed by atoms with Crippen molar-refractivity contribution in [1.29, 1.82) is 0 Å². The molecule has 0 saturated carbocycles. The van der Waals surface area contributed by atoms with Crippen LogP contribution in [-0.2, 0) is 0 Å². The number of anilines is 1. The van der Waals surface area contributed by atoms with Gasteiger partial charge in [-0.15, -0.1) is 34.0 Å². The molecule has 4 atom stereocenters. The Balaban J connectivity index is 1.75. The maximum Gasteiger partial charge on any atom is 0.160 e. The van der Waals surface area contributed by atoms with Crippen molar-refractivity contribution in [1.82, 2.24) is 0 Å². The third-order valence-electron chi connectivity index (χ3n) is 4.11. The predicted molar refractivity (Wildman–Crippen MR) is 105 cm³/mol. The molecule has 0 aliphatic carbocycles. The fourth-order valence-electron chi connectivity index (χ4n) is 2.63. The molecule has 0 amide bonds. The van der Waals surface area contributed by atoms with Crippen molar-refractivity contribution in [3.8, 4) is 0 Å². The number of likely N-dealkylation sites (N-methyl/N-ethyl adjacent to an activating group) is 1. The minimum absolute atomic E-state index is 0.0390. The highest BCUT2D eigenvalue weighted by atomic mass is 32.1. The molecule has 0 aliphatic rings. The number of aliphatic hydroxyl groups is 5. The molecule has 10 heteroatoms. The van der Waals surface area contributed by atoms with E-state index in [1.165, 1.54) is 22.7 Å². The lowest BCUT2D eigenvalue weighted by molar-refractivity contribution is -0.112. The van der Waals surface area contributed by atoms with E-state index in [0.29, 0.717) is 4.88 Å². The molecule has 0 spiro atoms. The molecule has 5 N–H and O–H groups in total. The summed E-state index contributed by atoms with van der Waals surface area (Å²) in [5.41, 5.74) is 0.